The summed E-state index contributed by atoms with van der Waals surface area (Å²) < 4.78 is 0. The first-order chi connectivity index (χ1) is 15.0. The number of piperazine rings is 1. The lowest BCUT2D eigenvalue weighted by atomic mass is 10.1. The van der Waals surface area contributed by atoms with E-state index in [0.717, 1.165) is 54.0 Å². The number of hydrogen-bond acceptors (Lipinski definition) is 5. The highest BCUT2D eigenvalue weighted by Crippen LogP contribution is 2.26. The Morgan fingerprint density at radius 1 is 1.03 bits per heavy atom. The summed E-state index contributed by atoms with van der Waals surface area (Å²) in [5.41, 5.74) is 3.35. The first-order valence-corrected chi connectivity index (χ1v) is 10.3. The number of anilines is 1. The minimum absolute atomic E-state index is 0.155. The summed E-state index contributed by atoms with van der Waals surface area (Å²) in [5.74, 6) is 0.721. The molecule has 0 unspecified atom stereocenters. The number of carbonyl (C=O) groups excluding carboxylic acids is 1. The average molecular weight is 422 g/mol. The van der Waals surface area contributed by atoms with Gasteiger partial charge in [0.05, 0.1) is 0 Å². The lowest BCUT2D eigenvalue weighted by Crippen LogP contribution is -2.44. The van der Waals surface area contributed by atoms with Gasteiger partial charge in [-0.25, -0.2) is 9.78 Å². The number of rotatable bonds is 6. The molecule has 1 aromatic carbocycles. The van der Waals surface area contributed by atoms with Crippen LogP contribution in [-0.4, -0.2) is 78.3 Å². The summed E-state index contributed by atoms with van der Waals surface area (Å²) in [6, 6.07) is 11.9. The number of aromatic amines is 1. The Morgan fingerprint density at radius 2 is 1.77 bits per heavy atom. The van der Waals surface area contributed by atoms with Crippen molar-refractivity contribution < 1.29 is 14.7 Å². The third-order valence-electron chi connectivity index (χ3n) is 5.46. The molecule has 162 valence electrons. The number of carboxylic acid groups (broad SMARTS) is 1. The lowest BCUT2D eigenvalue weighted by Gasteiger charge is -2.33. The fourth-order valence-electron chi connectivity index (χ4n) is 3.65. The van der Waals surface area contributed by atoms with Crippen molar-refractivity contribution >= 4 is 28.7 Å². The van der Waals surface area contributed by atoms with Gasteiger partial charge in [-0.05, 0) is 42.9 Å². The van der Waals surface area contributed by atoms with E-state index in [1.807, 2.05) is 24.4 Å². The van der Waals surface area contributed by atoms with Crippen LogP contribution in [0.15, 0.2) is 42.6 Å². The summed E-state index contributed by atoms with van der Waals surface area (Å²) in [5, 5.41) is 14.4. The van der Waals surface area contributed by atoms with Crippen molar-refractivity contribution in [3.8, 4) is 11.1 Å². The summed E-state index contributed by atoms with van der Waals surface area (Å²) in [6.07, 6.45) is 0.781. The number of pyridine rings is 1. The molecule has 2 amide bonds. The zero-order valence-electron chi connectivity index (χ0n) is 17.4. The molecule has 1 saturated heterocycles. The predicted molar refractivity (Wildman–Crippen MR) is 120 cm³/mol. The van der Waals surface area contributed by atoms with E-state index in [2.05, 4.69) is 49.6 Å². The van der Waals surface area contributed by atoms with Crippen LogP contribution in [0.3, 0.4) is 0 Å². The topological polar surface area (TPSA) is 114 Å². The standard InChI is InChI=1S/C22H26N6O3/c1-27-8-10-28(11-9-27)20-5-3-16(14-25-20)15-2-4-18-17(12-15)13-19(26-18)21(29)23-6-7-24-22(30)31/h2-5,12-14,24,26H,6-11H2,1H3,(H,23,29)(H,30,31). The Hall–Kier alpha value is -3.59. The van der Waals surface area contributed by atoms with Gasteiger partial charge in [-0.2, -0.15) is 0 Å². The molecule has 3 heterocycles. The number of nitrogens with one attached hydrogen (secondary N) is 3. The first-order valence-electron chi connectivity index (χ1n) is 10.3. The fraction of sp³-hybridized carbons (Fsp3) is 0.318. The summed E-state index contributed by atoms with van der Waals surface area (Å²) in [6.45, 7) is 4.42. The molecule has 0 radical (unpaired) electrons. The van der Waals surface area contributed by atoms with Crippen LogP contribution < -0.4 is 15.5 Å². The molecule has 1 fully saturated rings. The summed E-state index contributed by atoms with van der Waals surface area (Å²) in [4.78, 5) is 35.1. The van der Waals surface area contributed by atoms with Crippen molar-refractivity contribution in [3.63, 3.8) is 0 Å². The number of amides is 2. The normalized spacial score (nSPS) is 14.5. The number of benzene rings is 1. The van der Waals surface area contributed by atoms with Crippen LogP contribution in [0.5, 0.6) is 0 Å². The van der Waals surface area contributed by atoms with Crippen LogP contribution >= 0.6 is 0 Å². The number of fused-ring (bicyclic) bond motifs is 1. The number of aromatic nitrogens is 2. The molecule has 2 aromatic heterocycles. The smallest absolute Gasteiger partial charge is 0.404 e. The Morgan fingerprint density at radius 3 is 2.48 bits per heavy atom. The zero-order valence-corrected chi connectivity index (χ0v) is 17.4. The van der Waals surface area contributed by atoms with E-state index in [4.69, 9.17) is 5.11 Å². The zero-order chi connectivity index (χ0) is 21.8. The highest BCUT2D eigenvalue weighted by Gasteiger charge is 2.15. The summed E-state index contributed by atoms with van der Waals surface area (Å²) in [7, 11) is 2.14. The maximum Gasteiger partial charge on any atom is 0.404 e. The van der Waals surface area contributed by atoms with Crippen LogP contribution in [0, 0.1) is 0 Å². The maximum absolute atomic E-state index is 12.3. The molecular weight excluding hydrogens is 396 g/mol. The number of hydrogen-bond donors (Lipinski definition) is 4. The Balaban J connectivity index is 1.44. The fourth-order valence-corrected chi connectivity index (χ4v) is 3.65. The van der Waals surface area contributed by atoms with Crippen molar-refractivity contribution in [1.29, 1.82) is 0 Å². The minimum atomic E-state index is -1.11. The predicted octanol–water partition coefficient (Wildman–Crippen LogP) is 1.98. The minimum Gasteiger partial charge on any atom is -0.465 e. The number of likely N-dealkylation sites (N-methyl/N-ethyl adjacent to an activating group) is 1. The van der Waals surface area contributed by atoms with Crippen LogP contribution in [0.25, 0.3) is 22.0 Å². The van der Waals surface area contributed by atoms with E-state index in [-0.39, 0.29) is 19.0 Å². The van der Waals surface area contributed by atoms with E-state index in [1.165, 1.54) is 0 Å². The molecule has 9 nitrogen and oxygen atoms in total. The second-order valence-electron chi connectivity index (χ2n) is 7.67. The van der Waals surface area contributed by atoms with E-state index in [0.29, 0.717) is 5.69 Å². The third-order valence-corrected chi connectivity index (χ3v) is 5.46. The van der Waals surface area contributed by atoms with Gasteiger partial charge in [0, 0.05) is 61.9 Å². The quantitative estimate of drug-likeness (QED) is 0.452. The van der Waals surface area contributed by atoms with Crippen molar-refractivity contribution in [3.05, 3.63) is 48.3 Å². The van der Waals surface area contributed by atoms with Crippen molar-refractivity contribution in [2.75, 3.05) is 51.2 Å². The van der Waals surface area contributed by atoms with E-state index in [9.17, 15) is 9.59 Å². The molecule has 1 aliphatic heterocycles. The molecule has 0 saturated carbocycles. The van der Waals surface area contributed by atoms with Gasteiger partial charge in [0.25, 0.3) is 5.91 Å². The number of H-pyrrole nitrogens is 1. The molecular formula is C22H26N6O3. The van der Waals surface area contributed by atoms with Gasteiger partial charge in [-0.3, -0.25) is 4.79 Å². The largest absolute Gasteiger partial charge is 0.465 e. The Bertz CT molecular complexity index is 1070. The van der Waals surface area contributed by atoms with Crippen molar-refractivity contribution in [2.24, 2.45) is 0 Å². The molecule has 0 atom stereocenters. The van der Waals surface area contributed by atoms with E-state index in [1.54, 1.807) is 6.07 Å². The highest BCUT2D eigenvalue weighted by atomic mass is 16.4. The van der Waals surface area contributed by atoms with Gasteiger partial charge in [0.2, 0.25) is 0 Å². The number of carbonyl (C=O) groups is 2. The van der Waals surface area contributed by atoms with Crippen LogP contribution in [0.1, 0.15) is 10.5 Å². The molecule has 4 N–H and O–H groups in total. The monoisotopic (exact) mass is 422 g/mol. The lowest BCUT2D eigenvalue weighted by molar-refractivity contribution is 0.0949. The van der Waals surface area contributed by atoms with Gasteiger partial charge in [0.1, 0.15) is 11.5 Å². The second kappa shape index (κ2) is 9.05. The highest BCUT2D eigenvalue weighted by molar-refractivity contribution is 5.98. The van der Waals surface area contributed by atoms with Crippen LogP contribution in [0.2, 0.25) is 0 Å². The maximum atomic E-state index is 12.3. The Labute approximate surface area is 180 Å². The molecule has 1 aliphatic rings. The molecule has 0 aliphatic carbocycles. The summed E-state index contributed by atoms with van der Waals surface area (Å²) >= 11 is 0. The van der Waals surface area contributed by atoms with Crippen molar-refractivity contribution in [1.82, 2.24) is 25.5 Å². The van der Waals surface area contributed by atoms with Gasteiger partial charge in [-0.1, -0.05) is 6.07 Å². The average Bonchev–Trinajstić information content (AvgIpc) is 3.21. The SMILES string of the molecule is CN1CCN(c2ccc(-c3ccc4[nH]c(C(=O)NCCNC(=O)O)cc4c3)cn2)CC1. The molecule has 3 aromatic rings. The van der Waals surface area contributed by atoms with Gasteiger partial charge < -0.3 is 30.5 Å². The second-order valence-corrected chi connectivity index (χ2v) is 7.67. The molecule has 4 rings (SSSR count). The molecule has 31 heavy (non-hydrogen) atoms. The van der Waals surface area contributed by atoms with E-state index < -0.39 is 6.09 Å². The number of nitrogens with zero attached hydrogens (tertiary/aromatic N) is 3. The molecule has 9 heteroatoms. The van der Waals surface area contributed by atoms with Crippen LogP contribution in [-0.2, 0) is 0 Å². The van der Waals surface area contributed by atoms with Crippen LogP contribution in [0.4, 0.5) is 10.6 Å². The van der Waals surface area contributed by atoms with Gasteiger partial charge in [0.15, 0.2) is 0 Å². The first kappa shape index (κ1) is 20.7. The third kappa shape index (κ3) is 4.95. The van der Waals surface area contributed by atoms with E-state index >= 15 is 0 Å². The van der Waals surface area contributed by atoms with Gasteiger partial charge in [-0.15, -0.1) is 0 Å². The van der Waals surface area contributed by atoms with Gasteiger partial charge >= 0.3 is 6.09 Å². The molecule has 0 bridgehead atoms. The van der Waals surface area contributed by atoms with Crippen molar-refractivity contribution in [2.45, 2.75) is 0 Å². The molecule has 0 spiro atoms. The Kier molecular flexibility index (Phi) is 6.03.